The molecule has 0 aromatic carbocycles. The average molecular weight is 357 g/mol. The zero-order valence-corrected chi connectivity index (χ0v) is 16.8. The second-order valence-corrected chi connectivity index (χ2v) is 7.68. The number of aliphatic carboxylic acids is 1. The molecule has 1 atom stereocenters. The minimum atomic E-state index is -0.715. The number of carboxylic acid groups (broad SMARTS) is 1. The Balaban J connectivity index is 3.13. The van der Waals surface area contributed by atoms with E-state index >= 15 is 0 Å². The first kappa shape index (κ1) is 24.4. The molecular formula is C22H44O3. The van der Waals surface area contributed by atoms with Gasteiger partial charge in [0.25, 0.3) is 0 Å². The Hall–Kier alpha value is -0.570. The van der Waals surface area contributed by atoms with Crippen LogP contribution in [-0.4, -0.2) is 22.3 Å². The number of carboxylic acids is 1. The van der Waals surface area contributed by atoms with Gasteiger partial charge in [-0.05, 0) is 19.3 Å². The maximum Gasteiger partial charge on any atom is 0.303 e. The molecule has 0 amide bonds. The monoisotopic (exact) mass is 356 g/mol. The van der Waals surface area contributed by atoms with Gasteiger partial charge in [0.2, 0.25) is 0 Å². The van der Waals surface area contributed by atoms with Crippen molar-refractivity contribution in [1.29, 1.82) is 0 Å². The topological polar surface area (TPSA) is 57.5 Å². The number of rotatable bonds is 20. The summed E-state index contributed by atoms with van der Waals surface area (Å²) < 4.78 is 0. The summed E-state index contributed by atoms with van der Waals surface area (Å²) in [6, 6.07) is 0. The van der Waals surface area contributed by atoms with E-state index in [-0.39, 0.29) is 12.5 Å². The van der Waals surface area contributed by atoms with Crippen LogP contribution in [0.2, 0.25) is 0 Å². The summed E-state index contributed by atoms with van der Waals surface area (Å²) in [4.78, 5) is 10.4. The Bertz CT molecular complexity index is 278. The van der Waals surface area contributed by atoms with Crippen molar-refractivity contribution >= 4 is 5.97 Å². The van der Waals surface area contributed by atoms with Crippen molar-refractivity contribution in [2.45, 2.75) is 135 Å². The highest BCUT2D eigenvalue weighted by atomic mass is 16.4. The van der Waals surface area contributed by atoms with Crippen molar-refractivity contribution in [3.05, 3.63) is 0 Å². The molecule has 0 heterocycles. The molecule has 0 radical (unpaired) electrons. The lowest BCUT2D eigenvalue weighted by atomic mass is 10.0. The third-order valence-electron chi connectivity index (χ3n) is 5.07. The molecule has 0 aliphatic heterocycles. The SMILES string of the molecule is CCCCCCCCCCCCCCCC(O)CCCCCC(=O)O. The first-order chi connectivity index (χ1) is 12.2. The van der Waals surface area contributed by atoms with Crippen molar-refractivity contribution < 1.29 is 15.0 Å². The van der Waals surface area contributed by atoms with Gasteiger partial charge in [-0.25, -0.2) is 0 Å². The highest BCUT2D eigenvalue weighted by Crippen LogP contribution is 2.15. The van der Waals surface area contributed by atoms with Crippen molar-refractivity contribution in [3.63, 3.8) is 0 Å². The zero-order chi connectivity index (χ0) is 18.6. The van der Waals surface area contributed by atoms with Crippen molar-refractivity contribution in [1.82, 2.24) is 0 Å². The molecule has 0 rings (SSSR count). The molecule has 2 N–H and O–H groups in total. The van der Waals surface area contributed by atoms with Gasteiger partial charge in [-0.1, -0.05) is 103 Å². The molecular weight excluding hydrogens is 312 g/mol. The van der Waals surface area contributed by atoms with Crippen molar-refractivity contribution in [2.75, 3.05) is 0 Å². The molecule has 150 valence electrons. The largest absolute Gasteiger partial charge is 0.481 e. The number of unbranched alkanes of at least 4 members (excludes halogenated alkanes) is 14. The van der Waals surface area contributed by atoms with E-state index in [2.05, 4.69) is 6.92 Å². The molecule has 0 saturated carbocycles. The highest BCUT2D eigenvalue weighted by molar-refractivity contribution is 5.66. The Morgan fingerprint density at radius 3 is 1.40 bits per heavy atom. The van der Waals surface area contributed by atoms with E-state index in [4.69, 9.17) is 5.11 Å². The Kier molecular flexibility index (Phi) is 19.3. The zero-order valence-electron chi connectivity index (χ0n) is 16.8. The van der Waals surface area contributed by atoms with Crippen LogP contribution < -0.4 is 0 Å². The van der Waals surface area contributed by atoms with Crippen LogP contribution in [0.1, 0.15) is 129 Å². The Morgan fingerprint density at radius 2 is 1.00 bits per heavy atom. The van der Waals surface area contributed by atoms with E-state index < -0.39 is 5.97 Å². The van der Waals surface area contributed by atoms with Gasteiger partial charge in [-0.2, -0.15) is 0 Å². The number of aliphatic hydroxyl groups excluding tert-OH is 1. The second-order valence-electron chi connectivity index (χ2n) is 7.68. The van der Waals surface area contributed by atoms with Crippen LogP contribution in [0.4, 0.5) is 0 Å². The normalized spacial score (nSPS) is 12.4. The predicted molar refractivity (Wildman–Crippen MR) is 107 cm³/mol. The third kappa shape index (κ3) is 21.4. The molecule has 0 aromatic rings. The fraction of sp³-hybridized carbons (Fsp3) is 0.955. The molecule has 0 aliphatic rings. The van der Waals surface area contributed by atoms with Crippen LogP contribution in [0.15, 0.2) is 0 Å². The maximum absolute atomic E-state index is 10.4. The summed E-state index contributed by atoms with van der Waals surface area (Å²) >= 11 is 0. The van der Waals surface area contributed by atoms with Crippen LogP contribution in [0, 0.1) is 0 Å². The number of hydrogen-bond donors (Lipinski definition) is 2. The summed E-state index contributed by atoms with van der Waals surface area (Å²) in [6.07, 6.45) is 22.1. The summed E-state index contributed by atoms with van der Waals surface area (Å²) in [5, 5.41) is 18.5. The standard InChI is InChI=1S/C22H44O3/c1-2-3-4-5-6-7-8-9-10-11-12-13-15-18-21(23)19-16-14-17-20-22(24)25/h21,23H,2-20H2,1H3,(H,24,25). The van der Waals surface area contributed by atoms with Gasteiger partial charge in [0.15, 0.2) is 0 Å². The van der Waals surface area contributed by atoms with Gasteiger partial charge in [0.05, 0.1) is 6.10 Å². The van der Waals surface area contributed by atoms with E-state index in [1.807, 2.05) is 0 Å². The Labute approximate surface area is 156 Å². The smallest absolute Gasteiger partial charge is 0.303 e. The number of carbonyl (C=O) groups is 1. The first-order valence-electron chi connectivity index (χ1n) is 11.1. The fourth-order valence-electron chi connectivity index (χ4n) is 3.38. The molecule has 0 saturated heterocycles. The fourth-order valence-corrected chi connectivity index (χ4v) is 3.38. The Morgan fingerprint density at radius 1 is 0.640 bits per heavy atom. The van der Waals surface area contributed by atoms with Gasteiger partial charge < -0.3 is 10.2 Å². The van der Waals surface area contributed by atoms with Crippen LogP contribution in [-0.2, 0) is 4.79 Å². The lowest BCUT2D eigenvalue weighted by Crippen LogP contribution is -2.06. The summed E-state index contributed by atoms with van der Waals surface area (Å²) in [6.45, 7) is 2.27. The van der Waals surface area contributed by atoms with E-state index in [0.717, 1.165) is 38.5 Å². The molecule has 0 aliphatic carbocycles. The van der Waals surface area contributed by atoms with Crippen LogP contribution in [0.3, 0.4) is 0 Å². The molecule has 0 bridgehead atoms. The van der Waals surface area contributed by atoms with E-state index in [1.54, 1.807) is 0 Å². The molecule has 0 fully saturated rings. The average Bonchev–Trinajstić information content (AvgIpc) is 2.58. The molecule has 0 aromatic heterocycles. The number of hydrogen-bond acceptors (Lipinski definition) is 2. The summed E-state index contributed by atoms with van der Waals surface area (Å²) in [5.74, 6) is -0.715. The molecule has 25 heavy (non-hydrogen) atoms. The van der Waals surface area contributed by atoms with E-state index in [9.17, 15) is 9.90 Å². The van der Waals surface area contributed by atoms with Gasteiger partial charge in [-0.3, -0.25) is 4.79 Å². The van der Waals surface area contributed by atoms with E-state index in [1.165, 1.54) is 77.0 Å². The van der Waals surface area contributed by atoms with Crippen molar-refractivity contribution in [3.8, 4) is 0 Å². The molecule has 0 spiro atoms. The number of aliphatic hydroxyl groups is 1. The van der Waals surface area contributed by atoms with Crippen LogP contribution in [0.25, 0.3) is 0 Å². The summed E-state index contributed by atoms with van der Waals surface area (Å²) in [5.41, 5.74) is 0. The minimum Gasteiger partial charge on any atom is -0.481 e. The lowest BCUT2D eigenvalue weighted by Gasteiger charge is -2.10. The molecule has 3 heteroatoms. The van der Waals surface area contributed by atoms with Crippen LogP contribution >= 0.6 is 0 Å². The third-order valence-corrected chi connectivity index (χ3v) is 5.07. The first-order valence-corrected chi connectivity index (χ1v) is 11.1. The lowest BCUT2D eigenvalue weighted by molar-refractivity contribution is -0.137. The molecule has 1 unspecified atom stereocenters. The quantitative estimate of drug-likeness (QED) is 0.234. The molecule has 3 nitrogen and oxygen atoms in total. The maximum atomic E-state index is 10.4. The van der Waals surface area contributed by atoms with Gasteiger partial charge in [0.1, 0.15) is 0 Å². The highest BCUT2D eigenvalue weighted by Gasteiger charge is 2.04. The minimum absolute atomic E-state index is 0.183. The van der Waals surface area contributed by atoms with Crippen LogP contribution in [0.5, 0.6) is 0 Å². The van der Waals surface area contributed by atoms with Gasteiger partial charge in [0, 0.05) is 6.42 Å². The van der Waals surface area contributed by atoms with Gasteiger partial charge >= 0.3 is 5.97 Å². The second kappa shape index (κ2) is 19.8. The van der Waals surface area contributed by atoms with E-state index in [0.29, 0.717) is 0 Å². The van der Waals surface area contributed by atoms with Crippen molar-refractivity contribution in [2.24, 2.45) is 0 Å². The summed E-state index contributed by atoms with van der Waals surface area (Å²) in [7, 11) is 0. The van der Waals surface area contributed by atoms with Gasteiger partial charge in [-0.15, -0.1) is 0 Å². The predicted octanol–water partition coefficient (Wildman–Crippen LogP) is 6.86.